The Labute approximate surface area is 199 Å². The van der Waals surface area contributed by atoms with Gasteiger partial charge in [0.15, 0.2) is 10.6 Å². The van der Waals surface area contributed by atoms with Gasteiger partial charge in [0.25, 0.3) is 0 Å². The zero-order chi connectivity index (χ0) is 23.3. The van der Waals surface area contributed by atoms with Crippen molar-refractivity contribution in [3.8, 4) is 6.07 Å². The van der Waals surface area contributed by atoms with Gasteiger partial charge in [-0.05, 0) is 36.7 Å². The van der Waals surface area contributed by atoms with Crippen LogP contribution in [0, 0.1) is 11.3 Å². The molecular formula is C23H22ClN7OS. The number of nitrogens with one attached hydrogen (secondary N) is 1. The van der Waals surface area contributed by atoms with Crippen LogP contribution in [-0.2, 0) is 13.5 Å². The van der Waals surface area contributed by atoms with E-state index in [0.29, 0.717) is 38.8 Å². The molecule has 0 radical (unpaired) electrons. The molecule has 1 unspecified atom stereocenters. The molecule has 5 rings (SSSR count). The van der Waals surface area contributed by atoms with Gasteiger partial charge in [-0.2, -0.15) is 5.26 Å². The summed E-state index contributed by atoms with van der Waals surface area (Å²) < 4.78 is 1.79. The maximum absolute atomic E-state index is 12.5. The summed E-state index contributed by atoms with van der Waals surface area (Å²) in [7, 11) is 1.82. The minimum atomic E-state index is -0.131. The number of anilines is 1. The fourth-order valence-corrected chi connectivity index (χ4v) is 5.53. The first kappa shape index (κ1) is 21.8. The zero-order valence-corrected chi connectivity index (χ0v) is 19.8. The van der Waals surface area contributed by atoms with Gasteiger partial charge >= 0.3 is 0 Å². The first-order valence-electron chi connectivity index (χ1n) is 10.7. The standard InChI is InChI=1S/C23H22ClN7OS/c1-3-16-19(24)18-21(27-16)28-23(29-22(18)31-7-4-13(26)11-31)33-14-8-12(10-25)20-15(9-14)17(32)5-6-30(20)2/h5-6,8-9,13H,3-4,7,11,26H2,1-2H3,(H,27,28,29). The number of fused-ring (bicyclic) bond motifs is 2. The predicted molar refractivity (Wildman–Crippen MR) is 131 cm³/mol. The lowest BCUT2D eigenvalue weighted by Crippen LogP contribution is -2.27. The highest BCUT2D eigenvalue weighted by Gasteiger charge is 2.26. The minimum Gasteiger partial charge on any atom is -0.354 e. The van der Waals surface area contributed by atoms with Gasteiger partial charge in [-0.3, -0.25) is 4.79 Å². The van der Waals surface area contributed by atoms with Gasteiger partial charge in [0.2, 0.25) is 0 Å². The quantitative estimate of drug-likeness (QED) is 0.429. The van der Waals surface area contributed by atoms with Crippen LogP contribution in [0.4, 0.5) is 5.82 Å². The summed E-state index contributed by atoms with van der Waals surface area (Å²) in [6, 6.07) is 7.36. The second kappa shape index (κ2) is 8.37. The first-order valence-corrected chi connectivity index (χ1v) is 11.9. The molecule has 4 heterocycles. The lowest BCUT2D eigenvalue weighted by Gasteiger charge is -2.18. The van der Waals surface area contributed by atoms with Crippen molar-refractivity contribution in [2.75, 3.05) is 18.0 Å². The first-order chi connectivity index (χ1) is 15.9. The van der Waals surface area contributed by atoms with E-state index >= 15 is 0 Å². The molecule has 0 saturated carbocycles. The van der Waals surface area contributed by atoms with Crippen LogP contribution in [-0.4, -0.2) is 38.7 Å². The third-order valence-electron chi connectivity index (χ3n) is 5.98. The molecule has 3 N–H and O–H groups in total. The number of nitrogens with two attached hydrogens (primary N) is 1. The summed E-state index contributed by atoms with van der Waals surface area (Å²) in [5, 5.41) is 12.2. The summed E-state index contributed by atoms with van der Waals surface area (Å²) in [5.41, 5.74) is 8.65. The second-order valence-electron chi connectivity index (χ2n) is 8.19. The molecule has 0 bridgehead atoms. The van der Waals surface area contributed by atoms with E-state index in [4.69, 9.17) is 27.3 Å². The van der Waals surface area contributed by atoms with Crippen molar-refractivity contribution in [1.82, 2.24) is 19.5 Å². The van der Waals surface area contributed by atoms with E-state index in [1.807, 2.05) is 14.0 Å². The van der Waals surface area contributed by atoms with Crippen LogP contribution >= 0.6 is 23.4 Å². The minimum absolute atomic E-state index is 0.0874. The number of aromatic nitrogens is 4. The van der Waals surface area contributed by atoms with Gasteiger partial charge in [-0.15, -0.1) is 0 Å². The van der Waals surface area contributed by atoms with E-state index in [2.05, 4.69) is 16.0 Å². The average Bonchev–Trinajstić information content (AvgIpc) is 3.38. The van der Waals surface area contributed by atoms with Crippen LogP contribution in [0.5, 0.6) is 0 Å². The molecule has 1 aromatic carbocycles. The summed E-state index contributed by atoms with van der Waals surface area (Å²) >= 11 is 7.99. The lowest BCUT2D eigenvalue weighted by atomic mass is 10.1. The van der Waals surface area contributed by atoms with E-state index in [1.54, 1.807) is 22.9 Å². The smallest absolute Gasteiger partial charge is 0.196 e. The van der Waals surface area contributed by atoms with Crippen molar-refractivity contribution in [2.24, 2.45) is 12.8 Å². The molecule has 1 saturated heterocycles. The number of hydrogen-bond acceptors (Lipinski definition) is 7. The van der Waals surface area contributed by atoms with Gasteiger partial charge in [0, 0.05) is 54.4 Å². The maximum atomic E-state index is 12.5. The Morgan fingerprint density at radius 2 is 2.21 bits per heavy atom. The number of aromatic amines is 1. The largest absolute Gasteiger partial charge is 0.354 e. The fourth-order valence-electron chi connectivity index (χ4n) is 4.34. The molecule has 1 aliphatic rings. The number of aryl methyl sites for hydroxylation is 2. The molecule has 33 heavy (non-hydrogen) atoms. The third kappa shape index (κ3) is 3.74. The van der Waals surface area contributed by atoms with Crippen LogP contribution in [0.1, 0.15) is 24.6 Å². The van der Waals surface area contributed by atoms with Crippen molar-refractivity contribution in [2.45, 2.75) is 35.9 Å². The monoisotopic (exact) mass is 479 g/mol. The fraction of sp³-hybridized carbons (Fsp3) is 0.304. The Bertz CT molecular complexity index is 1500. The molecule has 8 nitrogen and oxygen atoms in total. The molecular weight excluding hydrogens is 458 g/mol. The highest BCUT2D eigenvalue weighted by atomic mass is 35.5. The molecule has 4 aromatic rings. The summed E-state index contributed by atoms with van der Waals surface area (Å²) in [5.74, 6) is 0.758. The van der Waals surface area contributed by atoms with Crippen molar-refractivity contribution >= 4 is 51.1 Å². The average molecular weight is 480 g/mol. The van der Waals surface area contributed by atoms with Crippen LogP contribution in [0.3, 0.4) is 0 Å². The second-order valence-corrected chi connectivity index (χ2v) is 9.61. The van der Waals surface area contributed by atoms with Crippen LogP contribution in [0.15, 0.2) is 39.2 Å². The molecule has 0 aliphatic carbocycles. The summed E-state index contributed by atoms with van der Waals surface area (Å²) in [6.07, 6.45) is 3.30. The normalized spacial score (nSPS) is 16.1. The van der Waals surface area contributed by atoms with Gasteiger partial charge in [-0.25, -0.2) is 9.97 Å². The Morgan fingerprint density at radius 3 is 2.91 bits per heavy atom. The van der Waals surface area contributed by atoms with Crippen molar-refractivity contribution in [1.29, 1.82) is 5.26 Å². The topological polar surface area (TPSA) is 117 Å². The van der Waals surface area contributed by atoms with E-state index < -0.39 is 0 Å². The summed E-state index contributed by atoms with van der Waals surface area (Å²) in [4.78, 5) is 28.3. The number of nitrogens with zero attached hydrogens (tertiary/aromatic N) is 5. The van der Waals surface area contributed by atoms with Gasteiger partial charge in [-0.1, -0.05) is 18.5 Å². The predicted octanol–water partition coefficient (Wildman–Crippen LogP) is 3.59. The van der Waals surface area contributed by atoms with Gasteiger partial charge in [0.1, 0.15) is 17.5 Å². The van der Waals surface area contributed by atoms with E-state index in [9.17, 15) is 10.1 Å². The van der Waals surface area contributed by atoms with Crippen molar-refractivity contribution in [3.63, 3.8) is 0 Å². The van der Waals surface area contributed by atoms with E-state index in [1.165, 1.54) is 17.8 Å². The van der Waals surface area contributed by atoms with Crippen molar-refractivity contribution < 1.29 is 0 Å². The van der Waals surface area contributed by atoms with Gasteiger partial charge < -0.3 is 20.2 Å². The number of benzene rings is 1. The van der Waals surface area contributed by atoms with E-state index in [-0.39, 0.29) is 11.5 Å². The van der Waals surface area contributed by atoms with Crippen LogP contribution < -0.4 is 16.1 Å². The highest BCUT2D eigenvalue weighted by Crippen LogP contribution is 2.38. The number of nitriles is 1. The maximum Gasteiger partial charge on any atom is 0.196 e. The van der Waals surface area contributed by atoms with E-state index in [0.717, 1.165) is 41.2 Å². The number of pyridine rings is 1. The molecule has 168 valence electrons. The molecule has 1 fully saturated rings. The molecule has 1 aliphatic heterocycles. The lowest BCUT2D eigenvalue weighted by molar-refractivity contribution is 0.751. The molecule has 0 amide bonds. The molecule has 0 spiro atoms. The number of halogens is 1. The van der Waals surface area contributed by atoms with Crippen LogP contribution in [0.2, 0.25) is 5.02 Å². The SMILES string of the molecule is CCc1[nH]c2nc(Sc3cc(C#N)c4c(c3)c(=O)ccn4C)nc(N3CCC(N)C3)c2c1Cl. The molecule has 10 heteroatoms. The highest BCUT2D eigenvalue weighted by molar-refractivity contribution is 7.99. The number of hydrogen-bond donors (Lipinski definition) is 2. The Morgan fingerprint density at radius 1 is 1.39 bits per heavy atom. The number of H-pyrrole nitrogens is 1. The number of rotatable bonds is 4. The van der Waals surface area contributed by atoms with Gasteiger partial charge in [0.05, 0.1) is 21.5 Å². The Balaban J connectivity index is 1.65. The Kier molecular flexibility index (Phi) is 5.52. The molecule has 3 aromatic heterocycles. The van der Waals surface area contributed by atoms with Crippen molar-refractivity contribution in [3.05, 3.63) is 50.9 Å². The third-order valence-corrected chi connectivity index (χ3v) is 7.24. The Hall–Kier alpha value is -3.06. The zero-order valence-electron chi connectivity index (χ0n) is 18.2. The van der Waals surface area contributed by atoms with Crippen LogP contribution in [0.25, 0.3) is 21.9 Å². The summed E-state index contributed by atoms with van der Waals surface area (Å²) in [6.45, 7) is 3.53. The molecule has 1 atom stereocenters.